The van der Waals surface area contributed by atoms with Crippen molar-refractivity contribution in [1.29, 1.82) is 0 Å². The Morgan fingerprint density at radius 3 is 1.56 bits per heavy atom. The van der Waals surface area contributed by atoms with Crippen molar-refractivity contribution in [1.82, 2.24) is 5.59 Å². The van der Waals surface area contributed by atoms with Gasteiger partial charge in [-0.25, -0.2) is 10.8 Å². The van der Waals surface area contributed by atoms with Crippen LogP contribution >= 0.6 is 0 Å². The van der Waals surface area contributed by atoms with E-state index in [-0.39, 0.29) is 0 Å². The molecule has 0 rings (SSSR count). The number of rotatable bonds is 1. The zero-order valence-corrected chi connectivity index (χ0v) is 5.00. The lowest BCUT2D eigenvalue weighted by atomic mass is 12.8. The van der Waals surface area contributed by atoms with Crippen LogP contribution < -0.4 is 17.3 Å². The zero-order chi connectivity index (χ0) is 7.91. The summed E-state index contributed by atoms with van der Waals surface area (Å²) >= 11 is 0. The highest BCUT2D eigenvalue weighted by molar-refractivity contribution is 7.79. The Hall–Kier alpha value is -0.290. The average Bonchev–Trinajstić information content (AvgIpc) is 1.61. The van der Waals surface area contributed by atoms with Crippen LogP contribution in [0.1, 0.15) is 0 Å². The normalized spacial score (nSPS) is 9.78. The highest BCUT2D eigenvalue weighted by Gasteiger charge is 1.84. The summed E-state index contributed by atoms with van der Waals surface area (Å²) in [4.78, 5) is 3.57. The third-order valence-corrected chi connectivity index (χ3v) is 0.0680. The topological polar surface area (TPSA) is 148 Å². The molecule has 0 aromatic heterocycles. The van der Waals surface area contributed by atoms with Gasteiger partial charge in [0.2, 0.25) is 0 Å². The molecular weight excluding hydrogens is 154 g/mol. The molecule has 0 aliphatic heterocycles. The van der Waals surface area contributed by atoms with E-state index >= 15 is 0 Å². The smallest absolute Gasteiger partial charge is 0.264 e. The van der Waals surface area contributed by atoms with Crippen molar-refractivity contribution in [3.8, 4) is 0 Å². The van der Waals surface area contributed by atoms with Crippen LogP contribution in [-0.4, -0.2) is 17.5 Å². The molecule has 0 aliphatic carbocycles. The molecule has 0 unspecified atom stereocenters. The van der Waals surface area contributed by atoms with E-state index in [4.69, 9.17) is 17.5 Å². The number of hydrogen-bond donors (Lipinski definition) is 5. The first-order valence-corrected chi connectivity index (χ1v) is 2.82. The Labute approximate surface area is 51.2 Å². The highest BCUT2D eigenvalue weighted by Crippen LogP contribution is 1.59. The molecule has 58 valence electrons. The number of nitrogens with one attached hydrogen (secondary N) is 1. The van der Waals surface area contributed by atoms with Crippen LogP contribution in [0.5, 0.6) is 0 Å². The van der Waals surface area contributed by atoms with E-state index in [1.165, 1.54) is 0 Å². The highest BCUT2D eigenvalue weighted by atomic mass is 32.3. The summed E-state index contributed by atoms with van der Waals surface area (Å²) < 4.78 is 31.6. The monoisotopic (exact) mass is 161 g/mol. The maximum absolute atomic E-state index is 8.74. The van der Waals surface area contributed by atoms with E-state index < -0.39 is 10.4 Å². The third-order valence-electron chi connectivity index (χ3n) is 0.0680. The lowest BCUT2D eigenvalue weighted by Crippen LogP contribution is -2.25. The van der Waals surface area contributed by atoms with Gasteiger partial charge < -0.3 is 0 Å². The lowest BCUT2D eigenvalue weighted by Gasteiger charge is -1.80. The Bertz CT molecular complexity index is 115. The minimum absolute atomic E-state index is 1.71. The van der Waals surface area contributed by atoms with E-state index in [1.54, 1.807) is 5.59 Å². The first-order valence-electron chi connectivity index (χ1n) is 1.43. The number of nitrogens with two attached hydrogens (primary N) is 2. The van der Waals surface area contributed by atoms with Gasteiger partial charge in [0.15, 0.2) is 0 Å². The molecule has 0 fully saturated rings. The Morgan fingerprint density at radius 2 is 1.56 bits per heavy atom. The van der Waals surface area contributed by atoms with Gasteiger partial charge in [0.1, 0.15) is 0 Å². The maximum atomic E-state index is 8.74. The van der Waals surface area contributed by atoms with Gasteiger partial charge in [-0.05, 0) is 0 Å². The summed E-state index contributed by atoms with van der Waals surface area (Å²) in [6.07, 6.45) is 0. The van der Waals surface area contributed by atoms with Crippen LogP contribution in [0.25, 0.3) is 0 Å². The van der Waals surface area contributed by atoms with Crippen molar-refractivity contribution in [3.05, 3.63) is 0 Å². The third kappa shape index (κ3) is 499. The van der Waals surface area contributed by atoms with E-state index in [1.807, 2.05) is 0 Å². The summed E-state index contributed by atoms with van der Waals surface area (Å²) in [5.74, 6) is 8.72. The van der Waals surface area contributed by atoms with Crippen molar-refractivity contribution in [2.45, 2.75) is 0 Å². The number of hydrogen-bond acceptors (Lipinski definition) is 6. The van der Waals surface area contributed by atoms with Crippen LogP contribution in [0.15, 0.2) is 0 Å². The molecule has 7 N–H and O–H groups in total. The molecule has 0 bridgehead atoms. The van der Waals surface area contributed by atoms with Crippen LogP contribution in [0.2, 0.25) is 0 Å². The minimum atomic E-state index is -4.67. The molecule has 0 heterocycles. The van der Waals surface area contributed by atoms with E-state index in [0.29, 0.717) is 0 Å². The van der Waals surface area contributed by atoms with Crippen LogP contribution in [0.4, 0.5) is 0 Å². The van der Waals surface area contributed by atoms with Crippen LogP contribution in [0.3, 0.4) is 0 Å². The van der Waals surface area contributed by atoms with E-state index in [0.717, 1.165) is 0 Å². The molecule has 9 heavy (non-hydrogen) atoms. The van der Waals surface area contributed by atoms with Gasteiger partial charge in [-0.15, -0.1) is 5.59 Å². The van der Waals surface area contributed by atoms with Gasteiger partial charge in [0, 0.05) is 0 Å². The molecule has 0 aromatic carbocycles. The SMILES string of the molecule is NNON.O=S(=O)(O)O. The second-order valence-electron chi connectivity index (χ2n) is 0.684. The molecule has 0 aromatic rings. The molecule has 9 heteroatoms. The minimum Gasteiger partial charge on any atom is -0.264 e. The first kappa shape index (κ1) is 11.5. The predicted octanol–water partition coefficient (Wildman–Crippen LogP) is -2.40. The van der Waals surface area contributed by atoms with Crippen LogP contribution in [-0.2, 0) is 15.3 Å². The molecule has 0 saturated heterocycles. The quantitative estimate of drug-likeness (QED) is 0.162. The predicted molar refractivity (Wildman–Crippen MR) is 26.8 cm³/mol. The average molecular weight is 161 g/mol. The second kappa shape index (κ2) is 5.84. The molecule has 0 atom stereocenters. The maximum Gasteiger partial charge on any atom is 0.394 e. The first-order chi connectivity index (χ1) is 3.91. The lowest BCUT2D eigenvalue weighted by molar-refractivity contribution is 0.0410. The number of hydrazine groups is 1. The van der Waals surface area contributed by atoms with Crippen molar-refractivity contribution in [2.24, 2.45) is 11.7 Å². The Kier molecular flexibility index (Phi) is 7.46. The van der Waals surface area contributed by atoms with Crippen molar-refractivity contribution in [2.75, 3.05) is 0 Å². The largest absolute Gasteiger partial charge is 0.394 e. The Balaban J connectivity index is 0. The zero-order valence-electron chi connectivity index (χ0n) is 4.18. The van der Waals surface area contributed by atoms with Crippen molar-refractivity contribution in [3.63, 3.8) is 0 Å². The Morgan fingerprint density at radius 1 is 1.44 bits per heavy atom. The fourth-order valence-electron chi connectivity index (χ4n) is 0. The molecule has 8 nitrogen and oxygen atoms in total. The summed E-state index contributed by atoms with van der Waals surface area (Å²) in [6, 6.07) is 0. The van der Waals surface area contributed by atoms with Gasteiger partial charge in [0.05, 0.1) is 0 Å². The van der Waals surface area contributed by atoms with Gasteiger partial charge in [-0.3, -0.25) is 9.11 Å². The fraction of sp³-hybridized carbons (Fsp3) is 0. The summed E-state index contributed by atoms with van der Waals surface area (Å²) in [5, 5.41) is 0. The van der Waals surface area contributed by atoms with Crippen molar-refractivity contribution < 1.29 is 22.5 Å². The van der Waals surface area contributed by atoms with E-state index in [2.05, 4.69) is 16.7 Å². The fourth-order valence-corrected chi connectivity index (χ4v) is 0. The molecule has 0 amide bonds. The summed E-state index contributed by atoms with van der Waals surface area (Å²) in [7, 11) is -4.67. The molecule has 0 saturated carbocycles. The van der Waals surface area contributed by atoms with E-state index in [9.17, 15) is 0 Å². The van der Waals surface area contributed by atoms with Crippen LogP contribution in [0, 0.1) is 0 Å². The van der Waals surface area contributed by atoms with Gasteiger partial charge >= 0.3 is 10.4 Å². The van der Waals surface area contributed by atoms with Gasteiger partial charge in [-0.1, -0.05) is 0 Å². The van der Waals surface area contributed by atoms with Crippen molar-refractivity contribution >= 4 is 10.4 Å². The standard InChI is InChI=1S/H5N3O.H2O4S/c1-3-4-2;1-5(2,3)4/h3H,1-2H2;(H2,1,2,3,4). The second-order valence-corrected chi connectivity index (χ2v) is 1.58. The summed E-state index contributed by atoms with van der Waals surface area (Å²) in [6.45, 7) is 0. The molecule has 0 aliphatic rings. The molecule has 0 radical (unpaired) electrons. The summed E-state index contributed by atoms with van der Waals surface area (Å²) in [5.41, 5.74) is 1.71. The van der Waals surface area contributed by atoms with Gasteiger partial charge in [-0.2, -0.15) is 14.3 Å². The van der Waals surface area contributed by atoms with Gasteiger partial charge in [0.25, 0.3) is 0 Å². The molecule has 0 spiro atoms. The molecular formula is H7N3O5S.